The molecule has 16 heavy (non-hydrogen) atoms. The molecule has 0 saturated carbocycles. The molecule has 0 aromatic heterocycles. The monoisotopic (exact) mass is 227 g/mol. The zero-order valence-electron chi connectivity index (χ0n) is 10.6. The number of hydrogen-bond donors (Lipinski definition) is 1. The molecule has 1 N–H and O–H groups in total. The van der Waals surface area contributed by atoms with E-state index in [2.05, 4.69) is 19.2 Å². The highest BCUT2D eigenvalue weighted by atomic mass is 16.5. The number of nitrogens with one attached hydrogen (secondary N) is 1. The average Bonchev–Trinajstić information content (AvgIpc) is 2.86. The smallest absolute Gasteiger partial charge is 0.0726 e. The highest BCUT2D eigenvalue weighted by molar-refractivity contribution is 4.93. The van der Waals surface area contributed by atoms with Crippen molar-refractivity contribution in [3.05, 3.63) is 0 Å². The largest absolute Gasteiger partial charge is 0.378 e. The topological polar surface area (TPSA) is 30.5 Å². The van der Waals surface area contributed by atoms with E-state index in [1.807, 2.05) is 0 Å². The lowest BCUT2D eigenvalue weighted by Gasteiger charge is -2.29. The Balaban J connectivity index is 1.60. The van der Waals surface area contributed by atoms with E-state index in [-0.39, 0.29) is 5.54 Å². The van der Waals surface area contributed by atoms with Crippen LogP contribution in [0.25, 0.3) is 0 Å². The summed E-state index contributed by atoms with van der Waals surface area (Å²) < 4.78 is 11.2. The Morgan fingerprint density at radius 2 is 2.19 bits per heavy atom. The lowest BCUT2D eigenvalue weighted by molar-refractivity contribution is 0.0855. The van der Waals surface area contributed by atoms with Crippen LogP contribution >= 0.6 is 0 Å². The normalized spacial score (nSPS) is 39.4. The van der Waals surface area contributed by atoms with E-state index in [9.17, 15) is 0 Å². The Morgan fingerprint density at radius 3 is 2.81 bits per heavy atom. The van der Waals surface area contributed by atoms with Crippen LogP contribution < -0.4 is 5.32 Å². The molecule has 0 aromatic carbocycles. The van der Waals surface area contributed by atoms with Gasteiger partial charge in [0.05, 0.1) is 12.2 Å². The summed E-state index contributed by atoms with van der Waals surface area (Å²) in [5.41, 5.74) is 0.191. The molecule has 2 fully saturated rings. The van der Waals surface area contributed by atoms with Crippen LogP contribution in [-0.4, -0.2) is 37.5 Å². The van der Waals surface area contributed by atoms with E-state index < -0.39 is 0 Å². The van der Waals surface area contributed by atoms with Crippen molar-refractivity contribution in [2.45, 2.75) is 63.7 Å². The molecule has 0 bridgehead atoms. The highest BCUT2D eigenvalue weighted by Gasteiger charge is 2.36. The molecule has 3 unspecified atom stereocenters. The summed E-state index contributed by atoms with van der Waals surface area (Å²) in [6, 6.07) is 0. The van der Waals surface area contributed by atoms with Gasteiger partial charge in [-0.2, -0.15) is 0 Å². The zero-order valence-corrected chi connectivity index (χ0v) is 10.6. The van der Waals surface area contributed by atoms with E-state index in [0.29, 0.717) is 12.2 Å². The maximum atomic E-state index is 5.62. The maximum Gasteiger partial charge on any atom is 0.0726 e. The van der Waals surface area contributed by atoms with Gasteiger partial charge in [-0.15, -0.1) is 0 Å². The third kappa shape index (κ3) is 2.96. The molecule has 3 nitrogen and oxygen atoms in total. The van der Waals surface area contributed by atoms with Gasteiger partial charge in [0, 0.05) is 18.8 Å². The molecule has 0 spiro atoms. The van der Waals surface area contributed by atoms with E-state index in [4.69, 9.17) is 9.47 Å². The van der Waals surface area contributed by atoms with Gasteiger partial charge in [-0.25, -0.2) is 0 Å². The summed E-state index contributed by atoms with van der Waals surface area (Å²) in [6.07, 6.45) is 6.94. The first-order valence-electron chi connectivity index (χ1n) is 6.69. The van der Waals surface area contributed by atoms with Crippen LogP contribution in [0.1, 0.15) is 46.0 Å². The minimum atomic E-state index is 0.191. The third-order valence-electron chi connectivity index (χ3n) is 4.14. The molecule has 2 heterocycles. The predicted molar refractivity (Wildman–Crippen MR) is 64.6 cm³/mol. The molecule has 2 saturated heterocycles. The molecule has 3 heteroatoms. The Morgan fingerprint density at radius 1 is 1.31 bits per heavy atom. The fraction of sp³-hybridized carbons (Fsp3) is 1.00. The quantitative estimate of drug-likeness (QED) is 0.730. The van der Waals surface area contributed by atoms with Crippen molar-refractivity contribution < 1.29 is 9.47 Å². The van der Waals surface area contributed by atoms with Gasteiger partial charge in [0.2, 0.25) is 0 Å². The lowest BCUT2D eigenvalue weighted by Crippen LogP contribution is -2.48. The number of rotatable bonds is 5. The Bertz CT molecular complexity index is 216. The Labute approximate surface area is 98.9 Å². The highest BCUT2D eigenvalue weighted by Crippen LogP contribution is 2.25. The van der Waals surface area contributed by atoms with Gasteiger partial charge >= 0.3 is 0 Å². The SMILES string of the molecule is CC1OCCC1(C)NCCCC1CCCO1. The molecule has 2 rings (SSSR count). The molecule has 0 radical (unpaired) electrons. The maximum absolute atomic E-state index is 5.62. The number of ether oxygens (including phenoxy) is 2. The standard InChI is InChI=1S/C13H25NO2/c1-11-13(2,7-10-15-11)14-8-3-5-12-6-4-9-16-12/h11-12,14H,3-10H2,1-2H3. The summed E-state index contributed by atoms with van der Waals surface area (Å²) in [5, 5.41) is 3.65. The van der Waals surface area contributed by atoms with Gasteiger partial charge in [-0.05, 0) is 52.5 Å². The first kappa shape index (κ1) is 12.3. The second-order valence-electron chi connectivity index (χ2n) is 5.38. The fourth-order valence-electron chi connectivity index (χ4n) is 2.64. The van der Waals surface area contributed by atoms with Crippen LogP contribution in [0.4, 0.5) is 0 Å². The second-order valence-corrected chi connectivity index (χ2v) is 5.38. The van der Waals surface area contributed by atoms with Gasteiger partial charge in [-0.3, -0.25) is 0 Å². The van der Waals surface area contributed by atoms with Crippen molar-refractivity contribution in [2.24, 2.45) is 0 Å². The molecule has 0 aliphatic carbocycles. The van der Waals surface area contributed by atoms with Crippen LogP contribution in [0.2, 0.25) is 0 Å². The molecule has 3 atom stereocenters. The second kappa shape index (κ2) is 5.48. The van der Waals surface area contributed by atoms with Gasteiger partial charge in [0.25, 0.3) is 0 Å². The fourth-order valence-corrected chi connectivity index (χ4v) is 2.64. The number of hydrogen-bond acceptors (Lipinski definition) is 3. The van der Waals surface area contributed by atoms with Gasteiger partial charge in [0.1, 0.15) is 0 Å². The Hall–Kier alpha value is -0.120. The molecule has 94 valence electrons. The first-order chi connectivity index (χ1) is 7.71. The van der Waals surface area contributed by atoms with Crippen molar-refractivity contribution in [2.75, 3.05) is 19.8 Å². The summed E-state index contributed by atoms with van der Waals surface area (Å²) in [5.74, 6) is 0. The molecular weight excluding hydrogens is 202 g/mol. The third-order valence-corrected chi connectivity index (χ3v) is 4.14. The first-order valence-corrected chi connectivity index (χ1v) is 6.69. The summed E-state index contributed by atoms with van der Waals surface area (Å²) in [7, 11) is 0. The van der Waals surface area contributed by atoms with Crippen LogP contribution in [-0.2, 0) is 9.47 Å². The van der Waals surface area contributed by atoms with Crippen LogP contribution in [0, 0.1) is 0 Å². The summed E-state index contributed by atoms with van der Waals surface area (Å²) >= 11 is 0. The lowest BCUT2D eigenvalue weighted by atomic mass is 9.94. The van der Waals surface area contributed by atoms with Crippen LogP contribution in [0.5, 0.6) is 0 Å². The van der Waals surface area contributed by atoms with E-state index in [0.717, 1.165) is 26.2 Å². The molecule has 0 amide bonds. The summed E-state index contributed by atoms with van der Waals surface area (Å²) in [4.78, 5) is 0. The summed E-state index contributed by atoms with van der Waals surface area (Å²) in [6.45, 7) is 7.40. The van der Waals surface area contributed by atoms with Gasteiger partial charge in [0.15, 0.2) is 0 Å². The van der Waals surface area contributed by atoms with Crippen molar-refractivity contribution in [3.8, 4) is 0 Å². The Kier molecular flexibility index (Phi) is 4.22. The van der Waals surface area contributed by atoms with Crippen molar-refractivity contribution in [3.63, 3.8) is 0 Å². The molecule has 0 aromatic rings. The predicted octanol–water partition coefficient (Wildman–Crippen LogP) is 2.10. The van der Waals surface area contributed by atoms with Gasteiger partial charge < -0.3 is 14.8 Å². The zero-order chi connectivity index (χ0) is 11.4. The van der Waals surface area contributed by atoms with E-state index in [1.54, 1.807) is 0 Å². The van der Waals surface area contributed by atoms with Crippen LogP contribution in [0.15, 0.2) is 0 Å². The van der Waals surface area contributed by atoms with Gasteiger partial charge in [-0.1, -0.05) is 0 Å². The van der Waals surface area contributed by atoms with E-state index in [1.165, 1.54) is 25.7 Å². The van der Waals surface area contributed by atoms with Crippen molar-refractivity contribution in [1.82, 2.24) is 5.32 Å². The van der Waals surface area contributed by atoms with Crippen LogP contribution in [0.3, 0.4) is 0 Å². The van der Waals surface area contributed by atoms with Crippen molar-refractivity contribution >= 4 is 0 Å². The van der Waals surface area contributed by atoms with E-state index >= 15 is 0 Å². The molecule has 2 aliphatic rings. The minimum Gasteiger partial charge on any atom is -0.378 e. The van der Waals surface area contributed by atoms with Crippen molar-refractivity contribution in [1.29, 1.82) is 0 Å². The molecular formula is C13H25NO2. The minimum absolute atomic E-state index is 0.191. The average molecular weight is 227 g/mol. The molecule has 2 aliphatic heterocycles.